The number of aryl methyl sites for hydroxylation is 1. The maximum Gasteiger partial charge on any atom is 0.230 e. The summed E-state index contributed by atoms with van der Waals surface area (Å²) in [6.45, 7) is 7.37. The quantitative estimate of drug-likeness (QED) is 0.605. The molecule has 4 heterocycles. The Labute approximate surface area is 179 Å². The molecule has 30 heavy (non-hydrogen) atoms. The topological polar surface area (TPSA) is 66.0 Å². The van der Waals surface area contributed by atoms with E-state index in [-0.39, 0.29) is 17.2 Å². The lowest BCUT2D eigenvalue weighted by Crippen LogP contribution is -2.43. The maximum atomic E-state index is 13.1. The van der Waals surface area contributed by atoms with E-state index in [0.29, 0.717) is 13.0 Å². The number of morpholine rings is 1. The molecule has 0 bridgehead atoms. The highest BCUT2D eigenvalue weighted by molar-refractivity contribution is 5.87. The van der Waals surface area contributed by atoms with E-state index in [1.54, 1.807) is 6.20 Å². The number of carbonyl (C=O) groups is 2. The van der Waals surface area contributed by atoms with Crippen LogP contribution in [0.15, 0.2) is 24.5 Å². The van der Waals surface area contributed by atoms with Crippen molar-refractivity contribution in [3.05, 3.63) is 30.1 Å². The highest BCUT2D eigenvalue weighted by Crippen LogP contribution is 2.40. The lowest BCUT2D eigenvalue weighted by atomic mass is 9.85. The second kappa shape index (κ2) is 9.88. The summed E-state index contributed by atoms with van der Waals surface area (Å²) < 4.78 is 5.40. The summed E-state index contributed by atoms with van der Waals surface area (Å²) in [7, 11) is 0. The molecule has 0 radical (unpaired) electrons. The molecule has 3 saturated heterocycles. The minimum atomic E-state index is -0.323. The van der Waals surface area contributed by atoms with Crippen molar-refractivity contribution >= 4 is 11.8 Å². The summed E-state index contributed by atoms with van der Waals surface area (Å²) in [5.74, 6) is 0.472. The van der Waals surface area contributed by atoms with E-state index < -0.39 is 0 Å². The monoisotopic (exact) mass is 414 g/mol. The molecule has 7 heteroatoms. The fraction of sp³-hybridized carbons (Fsp3) is 0.696. The van der Waals surface area contributed by atoms with Crippen LogP contribution in [0.5, 0.6) is 0 Å². The van der Waals surface area contributed by atoms with E-state index >= 15 is 0 Å². The second-order valence-corrected chi connectivity index (χ2v) is 8.91. The molecule has 7 nitrogen and oxygen atoms in total. The standard InChI is InChI=1S/C23H34N4O3/c28-21(6-2-1-4-20-5-3-9-24-18-20)27-11-8-23(19-27)7-10-26(22(23)29)13-12-25-14-16-30-17-15-25/h3,5,9,18H,1-2,4,6-8,10-17,19H2. The van der Waals surface area contributed by atoms with E-state index in [4.69, 9.17) is 4.74 Å². The van der Waals surface area contributed by atoms with E-state index in [0.717, 1.165) is 84.6 Å². The van der Waals surface area contributed by atoms with Gasteiger partial charge < -0.3 is 14.5 Å². The van der Waals surface area contributed by atoms with E-state index in [1.165, 1.54) is 5.56 Å². The Morgan fingerprint density at radius 2 is 1.93 bits per heavy atom. The van der Waals surface area contributed by atoms with Crippen LogP contribution in [0.4, 0.5) is 0 Å². The van der Waals surface area contributed by atoms with Gasteiger partial charge in [-0.2, -0.15) is 0 Å². The third-order valence-corrected chi connectivity index (χ3v) is 6.93. The third-order valence-electron chi connectivity index (χ3n) is 6.93. The zero-order chi connectivity index (χ0) is 20.8. The summed E-state index contributed by atoms with van der Waals surface area (Å²) in [5, 5.41) is 0. The van der Waals surface area contributed by atoms with Gasteiger partial charge in [-0.25, -0.2) is 0 Å². The average Bonchev–Trinajstić information content (AvgIpc) is 3.36. The molecule has 4 rings (SSSR count). The summed E-state index contributed by atoms with van der Waals surface area (Å²) in [6.07, 6.45) is 8.79. The van der Waals surface area contributed by atoms with Crippen molar-refractivity contribution in [2.75, 3.05) is 59.0 Å². The van der Waals surface area contributed by atoms with Crippen LogP contribution in [0.2, 0.25) is 0 Å². The molecule has 1 unspecified atom stereocenters. The van der Waals surface area contributed by atoms with E-state index in [9.17, 15) is 9.59 Å². The highest BCUT2D eigenvalue weighted by Gasteiger charge is 2.51. The number of hydrogen-bond donors (Lipinski definition) is 0. The van der Waals surface area contributed by atoms with Crippen molar-refractivity contribution in [2.24, 2.45) is 5.41 Å². The largest absolute Gasteiger partial charge is 0.379 e. The minimum absolute atomic E-state index is 0.206. The Morgan fingerprint density at radius 3 is 2.73 bits per heavy atom. The fourth-order valence-corrected chi connectivity index (χ4v) is 4.97. The average molecular weight is 415 g/mol. The number of ether oxygens (including phenoxy) is 1. The molecule has 3 aliphatic heterocycles. The molecular weight excluding hydrogens is 380 g/mol. The van der Waals surface area contributed by atoms with Gasteiger partial charge in [0.2, 0.25) is 11.8 Å². The van der Waals surface area contributed by atoms with Crippen LogP contribution in [0.1, 0.15) is 37.7 Å². The molecule has 1 aromatic heterocycles. The first-order valence-corrected chi connectivity index (χ1v) is 11.4. The molecule has 164 valence electrons. The summed E-state index contributed by atoms with van der Waals surface area (Å²) >= 11 is 0. The number of likely N-dealkylation sites (tertiary alicyclic amines) is 2. The second-order valence-electron chi connectivity index (χ2n) is 8.91. The van der Waals surface area contributed by atoms with Crippen LogP contribution in [-0.4, -0.2) is 90.5 Å². The number of nitrogens with zero attached hydrogens (tertiary/aromatic N) is 4. The zero-order valence-electron chi connectivity index (χ0n) is 17.9. The van der Waals surface area contributed by atoms with Crippen LogP contribution in [-0.2, 0) is 20.7 Å². The Balaban J connectivity index is 1.19. The Morgan fingerprint density at radius 1 is 1.10 bits per heavy atom. The van der Waals surface area contributed by atoms with Gasteiger partial charge in [0.25, 0.3) is 0 Å². The Bertz CT molecular complexity index is 722. The van der Waals surface area contributed by atoms with Crippen molar-refractivity contribution in [3.63, 3.8) is 0 Å². The van der Waals surface area contributed by atoms with Gasteiger partial charge in [-0.3, -0.25) is 19.5 Å². The maximum absolute atomic E-state index is 13.1. The predicted molar refractivity (Wildman–Crippen MR) is 114 cm³/mol. The first-order chi connectivity index (χ1) is 14.7. The van der Waals surface area contributed by atoms with Crippen molar-refractivity contribution in [1.29, 1.82) is 0 Å². The van der Waals surface area contributed by atoms with Gasteiger partial charge in [0.15, 0.2) is 0 Å². The number of pyridine rings is 1. The van der Waals surface area contributed by atoms with Crippen LogP contribution in [0.25, 0.3) is 0 Å². The van der Waals surface area contributed by atoms with Crippen LogP contribution >= 0.6 is 0 Å². The predicted octanol–water partition coefficient (Wildman–Crippen LogP) is 1.58. The first-order valence-electron chi connectivity index (χ1n) is 11.4. The summed E-state index contributed by atoms with van der Waals surface area (Å²) in [4.78, 5) is 36.3. The molecule has 3 aliphatic rings. The number of unbranched alkanes of at least 4 members (excludes halogenated alkanes) is 1. The minimum Gasteiger partial charge on any atom is -0.379 e. The molecule has 1 aromatic rings. The van der Waals surface area contributed by atoms with Crippen molar-refractivity contribution in [1.82, 2.24) is 19.7 Å². The van der Waals surface area contributed by atoms with Crippen LogP contribution < -0.4 is 0 Å². The van der Waals surface area contributed by atoms with Gasteiger partial charge in [-0.1, -0.05) is 6.07 Å². The zero-order valence-corrected chi connectivity index (χ0v) is 17.9. The van der Waals surface area contributed by atoms with Crippen molar-refractivity contribution < 1.29 is 14.3 Å². The molecule has 0 N–H and O–H groups in total. The van der Waals surface area contributed by atoms with E-state index in [1.807, 2.05) is 22.1 Å². The number of amides is 2. The number of carbonyl (C=O) groups excluding carboxylic acids is 2. The molecule has 2 amide bonds. The number of hydrogen-bond acceptors (Lipinski definition) is 5. The molecule has 0 aromatic carbocycles. The first kappa shape index (κ1) is 21.2. The van der Waals surface area contributed by atoms with Crippen LogP contribution in [0, 0.1) is 5.41 Å². The van der Waals surface area contributed by atoms with Crippen LogP contribution in [0.3, 0.4) is 0 Å². The number of rotatable bonds is 8. The van der Waals surface area contributed by atoms with Gasteiger partial charge >= 0.3 is 0 Å². The third kappa shape index (κ3) is 5.01. The molecular formula is C23H34N4O3. The molecule has 0 aliphatic carbocycles. The molecule has 3 fully saturated rings. The fourth-order valence-electron chi connectivity index (χ4n) is 4.97. The molecule has 0 saturated carbocycles. The SMILES string of the molecule is O=C(CCCCc1cccnc1)N1CCC2(CCN(CCN3CCOCC3)C2=O)C1. The smallest absolute Gasteiger partial charge is 0.230 e. The summed E-state index contributed by atoms with van der Waals surface area (Å²) in [5.41, 5.74) is 0.898. The summed E-state index contributed by atoms with van der Waals surface area (Å²) in [6, 6.07) is 4.03. The van der Waals surface area contributed by atoms with Gasteiger partial charge in [-0.15, -0.1) is 0 Å². The molecule has 1 spiro atoms. The van der Waals surface area contributed by atoms with Gasteiger partial charge in [0, 0.05) is 64.6 Å². The number of aromatic nitrogens is 1. The van der Waals surface area contributed by atoms with Gasteiger partial charge in [0.05, 0.1) is 18.6 Å². The van der Waals surface area contributed by atoms with Gasteiger partial charge in [0.1, 0.15) is 0 Å². The van der Waals surface area contributed by atoms with E-state index in [2.05, 4.69) is 16.0 Å². The highest BCUT2D eigenvalue weighted by atomic mass is 16.5. The Hall–Kier alpha value is -1.99. The molecule has 1 atom stereocenters. The Kier molecular flexibility index (Phi) is 7.00. The van der Waals surface area contributed by atoms with Crippen molar-refractivity contribution in [2.45, 2.75) is 38.5 Å². The van der Waals surface area contributed by atoms with Gasteiger partial charge in [-0.05, 0) is 43.7 Å². The lowest BCUT2D eigenvalue weighted by Gasteiger charge is -2.29. The van der Waals surface area contributed by atoms with Crippen molar-refractivity contribution in [3.8, 4) is 0 Å². The lowest BCUT2D eigenvalue weighted by molar-refractivity contribution is -0.136. The normalized spacial score (nSPS) is 24.9.